The molecule has 0 aliphatic carbocycles. The molecule has 0 aromatic heterocycles. The second kappa shape index (κ2) is 6.11. The van der Waals surface area contributed by atoms with Crippen LogP contribution >= 0.6 is 0 Å². The van der Waals surface area contributed by atoms with E-state index in [1.165, 1.54) is 6.92 Å². The number of allylic oxidation sites excluding steroid dienone is 1. The van der Waals surface area contributed by atoms with E-state index in [4.69, 9.17) is 4.74 Å². The number of hydrogen-bond donors (Lipinski definition) is 0. The molecule has 2 heteroatoms. The lowest BCUT2D eigenvalue weighted by molar-refractivity contribution is -0.131. The second-order valence-electron chi connectivity index (χ2n) is 3.88. The number of para-hydroxylation sites is 1. The Balaban J connectivity index is 2.86. The molecule has 2 nitrogen and oxygen atoms in total. The molecule has 0 heterocycles. The van der Waals surface area contributed by atoms with Crippen LogP contribution in [0.3, 0.4) is 0 Å². The van der Waals surface area contributed by atoms with Gasteiger partial charge in [-0.1, -0.05) is 50.6 Å². The van der Waals surface area contributed by atoms with Gasteiger partial charge in [0, 0.05) is 12.5 Å². The predicted octanol–water partition coefficient (Wildman–Crippen LogP) is 3.67. The highest BCUT2D eigenvalue weighted by molar-refractivity contribution is 5.71. The van der Waals surface area contributed by atoms with Crippen molar-refractivity contribution >= 4 is 12.0 Å². The normalized spacial score (nSPS) is 12.7. The molecule has 0 spiro atoms. The molecule has 0 radical (unpaired) electrons. The van der Waals surface area contributed by atoms with E-state index in [0.29, 0.717) is 11.7 Å². The number of carbonyl (C=O) groups excluding carboxylic acids is 1. The van der Waals surface area contributed by atoms with Gasteiger partial charge in [0.1, 0.15) is 5.75 Å². The standard InChI is InChI=1S/C14H18O2/c1-4-11(2)9-10-13-7-5-6-8-14(13)16-12(3)15/h5-11H,4H2,1-3H3. The molecule has 1 rings (SSSR count). The monoisotopic (exact) mass is 218 g/mol. The number of ether oxygens (including phenoxy) is 1. The van der Waals surface area contributed by atoms with Crippen molar-refractivity contribution in [1.82, 2.24) is 0 Å². The van der Waals surface area contributed by atoms with Crippen molar-refractivity contribution in [3.63, 3.8) is 0 Å². The largest absolute Gasteiger partial charge is 0.426 e. The van der Waals surface area contributed by atoms with Crippen LogP contribution in [0.1, 0.15) is 32.8 Å². The summed E-state index contributed by atoms with van der Waals surface area (Å²) in [5.74, 6) is 0.865. The average molecular weight is 218 g/mol. The second-order valence-corrected chi connectivity index (χ2v) is 3.88. The Morgan fingerprint density at radius 1 is 1.44 bits per heavy atom. The van der Waals surface area contributed by atoms with Crippen molar-refractivity contribution in [2.45, 2.75) is 27.2 Å². The molecule has 0 amide bonds. The summed E-state index contributed by atoms with van der Waals surface area (Å²) in [5.41, 5.74) is 0.943. The number of hydrogen-bond acceptors (Lipinski definition) is 2. The summed E-state index contributed by atoms with van der Waals surface area (Å²) in [5, 5.41) is 0. The number of carbonyl (C=O) groups is 1. The number of benzene rings is 1. The number of rotatable bonds is 4. The molecule has 0 bridgehead atoms. The van der Waals surface area contributed by atoms with Gasteiger partial charge in [0.25, 0.3) is 0 Å². The fraction of sp³-hybridized carbons (Fsp3) is 0.357. The molecule has 0 fully saturated rings. The average Bonchev–Trinajstić information content (AvgIpc) is 2.26. The molecular weight excluding hydrogens is 200 g/mol. The van der Waals surface area contributed by atoms with Gasteiger partial charge in [-0.15, -0.1) is 0 Å². The van der Waals surface area contributed by atoms with Crippen LogP contribution in [-0.4, -0.2) is 5.97 Å². The quantitative estimate of drug-likeness (QED) is 0.569. The molecule has 1 aromatic carbocycles. The third kappa shape index (κ3) is 3.89. The minimum Gasteiger partial charge on any atom is -0.426 e. The van der Waals surface area contributed by atoms with Crippen molar-refractivity contribution < 1.29 is 9.53 Å². The maximum Gasteiger partial charge on any atom is 0.308 e. The van der Waals surface area contributed by atoms with Crippen molar-refractivity contribution in [1.29, 1.82) is 0 Å². The first kappa shape index (κ1) is 12.5. The Bertz CT molecular complexity index is 380. The first-order valence-electron chi connectivity index (χ1n) is 5.59. The lowest BCUT2D eigenvalue weighted by Crippen LogP contribution is -2.02. The van der Waals surface area contributed by atoms with Crippen LogP contribution in [0.2, 0.25) is 0 Å². The van der Waals surface area contributed by atoms with Crippen LogP contribution in [0.15, 0.2) is 30.3 Å². The molecule has 86 valence electrons. The van der Waals surface area contributed by atoms with Crippen LogP contribution in [0.4, 0.5) is 0 Å². The lowest BCUT2D eigenvalue weighted by Gasteiger charge is -2.05. The lowest BCUT2D eigenvalue weighted by atomic mass is 10.1. The molecule has 1 atom stereocenters. The van der Waals surface area contributed by atoms with Gasteiger partial charge in [0.2, 0.25) is 0 Å². The van der Waals surface area contributed by atoms with Gasteiger partial charge in [-0.25, -0.2) is 0 Å². The van der Waals surface area contributed by atoms with Gasteiger partial charge in [-0.3, -0.25) is 4.79 Å². The van der Waals surface area contributed by atoms with Gasteiger partial charge in [0.05, 0.1) is 0 Å². The van der Waals surface area contributed by atoms with Crippen LogP contribution < -0.4 is 4.74 Å². The van der Waals surface area contributed by atoms with Crippen LogP contribution in [0.25, 0.3) is 6.08 Å². The maximum absolute atomic E-state index is 10.9. The van der Waals surface area contributed by atoms with Crippen molar-refractivity contribution in [2.24, 2.45) is 5.92 Å². The minimum absolute atomic E-state index is 0.288. The Morgan fingerprint density at radius 2 is 2.12 bits per heavy atom. The highest BCUT2D eigenvalue weighted by Gasteiger charge is 2.02. The Hall–Kier alpha value is -1.57. The highest BCUT2D eigenvalue weighted by Crippen LogP contribution is 2.20. The summed E-state index contributed by atoms with van der Waals surface area (Å²) < 4.78 is 5.12. The topological polar surface area (TPSA) is 26.3 Å². The molecule has 16 heavy (non-hydrogen) atoms. The summed E-state index contributed by atoms with van der Waals surface area (Å²) >= 11 is 0. The smallest absolute Gasteiger partial charge is 0.308 e. The summed E-state index contributed by atoms with van der Waals surface area (Å²) in [7, 11) is 0. The number of esters is 1. The van der Waals surface area contributed by atoms with E-state index in [0.717, 1.165) is 12.0 Å². The molecule has 0 saturated heterocycles. The van der Waals surface area contributed by atoms with E-state index in [2.05, 4.69) is 19.9 Å². The Labute approximate surface area is 96.9 Å². The van der Waals surface area contributed by atoms with Gasteiger partial charge >= 0.3 is 5.97 Å². The fourth-order valence-corrected chi connectivity index (χ4v) is 1.27. The van der Waals surface area contributed by atoms with Crippen molar-refractivity contribution in [3.05, 3.63) is 35.9 Å². The molecule has 0 N–H and O–H groups in total. The molecular formula is C14H18O2. The van der Waals surface area contributed by atoms with E-state index in [9.17, 15) is 4.79 Å². The highest BCUT2D eigenvalue weighted by atomic mass is 16.5. The summed E-state index contributed by atoms with van der Waals surface area (Å²) in [4.78, 5) is 10.9. The van der Waals surface area contributed by atoms with Crippen molar-refractivity contribution in [2.75, 3.05) is 0 Å². The minimum atomic E-state index is -0.288. The molecule has 1 unspecified atom stereocenters. The van der Waals surface area contributed by atoms with Crippen LogP contribution in [0, 0.1) is 5.92 Å². The third-order valence-corrected chi connectivity index (χ3v) is 2.42. The maximum atomic E-state index is 10.9. The predicted molar refractivity (Wildman–Crippen MR) is 66.2 cm³/mol. The van der Waals surface area contributed by atoms with Gasteiger partial charge < -0.3 is 4.74 Å². The SMILES string of the molecule is CCC(C)C=Cc1ccccc1OC(C)=O. The molecule has 1 aromatic rings. The van der Waals surface area contributed by atoms with E-state index < -0.39 is 0 Å². The van der Waals surface area contributed by atoms with E-state index in [1.807, 2.05) is 24.3 Å². The fourth-order valence-electron chi connectivity index (χ4n) is 1.27. The summed E-state index contributed by atoms with van der Waals surface area (Å²) in [6, 6.07) is 7.54. The Morgan fingerprint density at radius 3 is 2.75 bits per heavy atom. The van der Waals surface area contributed by atoms with Crippen LogP contribution in [0.5, 0.6) is 5.75 Å². The zero-order chi connectivity index (χ0) is 12.0. The van der Waals surface area contributed by atoms with Gasteiger partial charge in [0.15, 0.2) is 0 Å². The van der Waals surface area contributed by atoms with Gasteiger partial charge in [-0.2, -0.15) is 0 Å². The molecule has 0 saturated carbocycles. The third-order valence-electron chi connectivity index (χ3n) is 2.42. The Kier molecular flexibility index (Phi) is 4.77. The van der Waals surface area contributed by atoms with E-state index in [1.54, 1.807) is 6.07 Å². The molecule has 0 aliphatic rings. The molecule has 0 aliphatic heterocycles. The van der Waals surface area contributed by atoms with E-state index in [-0.39, 0.29) is 5.97 Å². The van der Waals surface area contributed by atoms with Crippen molar-refractivity contribution in [3.8, 4) is 5.75 Å². The van der Waals surface area contributed by atoms with Crippen LogP contribution in [-0.2, 0) is 4.79 Å². The first-order chi connectivity index (χ1) is 7.63. The zero-order valence-corrected chi connectivity index (χ0v) is 10.1. The van der Waals surface area contributed by atoms with Gasteiger partial charge in [-0.05, 0) is 12.0 Å². The summed E-state index contributed by atoms with van der Waals surface area (Å²) in [6.45, 7) is 5.72. The summed E-state index contributed by atoms with van der Waals surface area (Å²) in [6.07, 6.45) is 5.24. The van der Waals surface area contributed by atoms with E-state index >= 15 is 0 Å². The first-order valence-corrected chi connectivity index (χ1v) is 5.59. The zero-order valence-electron chi connectivity index (χ0n) is 10.1.